The van der Waals surface area contributed by atoms with Gasteiger partial charge in [-0.25, -0.2) is 4.98 Å². The second-order valence-electron chi connectivity index (χ2n) is 7.71. The lowest BCUT2D eigenvalue weighted by Gasteiger charge is -2.42. The number of hydrogen-bond donors (Lipinski definition) is 0. The van der Waals surface area contributed by atoms with Gasteiger partial charge in [0, 0.05) is 63.2 Å². The maximum absolute atomic E-state index is 5.27. The normalized spacial score (nSPS) is 17.5. The summed E-state index contributed by atoms with van der Waals surface area (Å²) in [5, 5.41) is 0. The first-order valence-electron chi connectivity index (χ1n) is 10.1. The van der Waals surface area contributed by atoms with Crippen molar-refractivity contribution < 1.29 is 4.74 Å². The first kappa shape index (κ1) is 19.5. The maximum atomic E-state index is 5.27. The van der Waals surface area contributed by atoms with Crippen LogP contribution in [0.25, 0.3) is 0 Å². The van der Waals surface area contributed by atoms with Gasteiger partial charge in [-0.05, 0) is 29.3 Å². The highest BCUT2D eigenvalue weighted by atomic mass is 16.5. The van der Waals surface area contributed by atoms with Gasteiger partial charge in [0.1, 0.15) is 0 Å². The summed E-state index contributed by atoms with van der Waals surface area (Å²) in [4.78, 5) is 11.6. The third kappa shape index (κ3) is 4.97. The molecular formula is C24H28N4O. The lowest BCUT2D eigenvalue weighted by Crippen LogP contribution is -2.47. The number of methoxy groups -OCH3 is 1. The molecule has 2 aliphatic heterocycles. The van der Waals surface area contributed by atoms with Crippen molar-refractivity contribution >= 4 is 0 Å². The Morgan fingerprint density at radius 3 is 2.76 bits per heavy atom. The summed E-state index contributed by atoms with van der Waals surface area (Å²) in [6.07, 6.45) is 2.93. The molecular weight excluding hydrogens is 360 g/mol. The van der Waals surface area contributed by atoms with Crippen LogP contribution < -0.4 is 4.74 Å². The molecule has 1 aromatic heterocycles. The molecule has 0 amide bonds. The molecule has 150 valence electrons. The molecule has 3 heterocycles. The van der Waals surface area contributed by atoms with Crippen LogP contribution >= 0.6 is 0 Å². The van der Waals surface area contributed by atoms with E-state index in [9.17, 15) is 0 Å². The largest absolute Gasteiger partial charge is 0.481 e. The summed E-state index contributed by atoms with van der Waals surface area (Å²) in [5.41, 5.74) is 5.35. The maximum Gasteiger partial charge on any atom is 0.213 e. The van der Waals surface area contributed by atoms with Crippen LogP contribution in [0.2, 0.25) is 0 Å². The third-order valence-corrected chi connectivity index (χ3v) is 5.50. The molecule has 4 rings (SSSR count). The Morgan fingerprint density at radius 2 is 1.93 bits per heavy atom. The van der Waals surface area contributed by atoms with E-state index >= 15 is 0 Å². The fraction of sp³-hybridized carbons (Fsp3) is 0.375. The molecule has 0 bridgehead atoms. The van der Waals surface area contributed by atoms with Crippen molar-refractivity contribution in [2.45, 2.75) is 13.0 Å². The van der Waals surface area contributed by atoms with E-state index in [1.165, 1.54) is 16.8 Å². The Hall–Kier alpha value is -2.81. The van der Waals surface area contributed by atoms with Crippen molar-refractivity contribution in [2.24, 2.45) is 0 Å². The predicted molar refractivity (Wildman–Crippen MR) is 115 cm³/mol. The van der Waals surface area contributed by atoms with Gasteiger partial charge in [0.05, 0.1) is 20.3 Å². The molecule has 5 nitrogen and oxygen atoms in total. The Labute approximate surface area is 173 Å². The fourth-order valence-corrected chi connectivity index (χ4v) is 4.12. The van der Waals surface area contributed by atoms with Gasteiger partial charge in [0.15, 0.2) is 0 Å². The highest BCUT2D eigenvalue weighted by Gasteiger charge is 2.27. The van der Waals surface area contributed by atoms with Crippen LogP contribution in [0.5, 0.6) is 5.88 Å². The lowest BCUT2D eigenvalue weighted by atomic mass is 10.0. The van der Waals surface area contributed by atoms with Gasteiger partial charge >= 0.3 is 0 Å². The van der Waals surface area contributed by atoms with Crippen LogP contribution in [0.1, 0.15) is 17.5 Å². The van der Waals surface area contributed by atoms with Crippen molar-refractivity contribution in [3.05, 3.63) is 71.1 Å². The van der Waals surface area contributed by atoms with Crippen LogP contribution in [0, 0.1) is 11.8 Å². The van der Waals surface area contributed by atoms with E-state index < -0.39 is 0 Å². The molecule has 0 radical (unpaired) electrons. The van der Waals surface area contributed by atoms with Gasteiger partial charge in [-0.3, -0.25) is 9.80 Å². The van der Waals surface area contributed by atoms with Crippen LogP contribution in [0.3, 0.4) is 0 Å². The second kappa shape index (κ2) is 9.13. The quantitative estimate of drug-likeness (QED) is 0.752. The zero-order valence-corrected chi connectivity index (χ0v) is 17.3. The third-order valence-electron chi connectivity index (χ3n) is 5.50. The minimum Gasteiger partial charge on any atom is -0.481 e. The number of aromatic nitrogens is 1. The van der Waals surface area contributed by atoms with Gasteiger partial charge in [0.2, 0.25) is 5.88 Å². The first-order valence-corrected chi connectivity index (χ1v) is 10.1. The van der Waals surface area contributed by atoms with Gasteiger partial charge in [-0.15, -0.1) is 0 Å². The van der Waals surface area contributed by atoms with E-state index in [4.69, 9.17) is 4.74 Å². The molecule has 0 aliphatic carbocycles. The van der Waals surface area contributed by atoms with E-state index in [1.54, 1.807) is 7.11 Å². The molecule has 2 aliphatic rings. The van der Waals surface area contributed by atoms with E-state index in [0.29, 0.717) is 5.88 Å². The highest BCUT2D eigenvalue weighted by Crippen LogP contribution is 2.26. The Kier molecular flexibility index (Phi) is 6.14. The number of benzene rings is 1. The lowest BCUT2D eigenvalue weighted by molar-refractivity contribution is 0.137. The molecule has 2 aromatic rings. The van der Waals surface area contributed by atoms with Gasteiger partial charge in [-0.1, -0.05) is 30.0 Å². The Balaban J connectivity index is 1.38. The van der Waals surface area contributed by atoms with E-state index in [1.807, 2.05) is 30.5 Å². The molecule has 0 N–H and O–H groups in total. The van der Waals surface area contributed by atoms with Crippen molar-refractivity contribution in [3.63, 3.8) is 0 Å². The van der Waals surface area contributed by atoms with Crippen molar-refractivity contribution in [1.82, 2.24) is 19.7 Å². The molecule has 0 atom stereocenters. The van der Waals surface area contributed by atoms with E-state index in [2.05, 4.69) is 56.8 Å². The highest BCUT2D eigenvalue weighted by molar-refractivity contribution is 5.34. The summed E-state index contributed by atoms with van der Waals surface area (Å²) in [6.45, 7) is 5.75. The smallest absolute Gasteiger partial charge is 0.213 e. The van der Waals surface area contributed by atoms with Crippen LogP contribution in [0.4, 0.5) is 0 Å². The Morgan fingerprint density at radius 1 is 1.10 bits per heavy atom. The minimum absolute atomic E-state index is 0.675. The number of pyridine rings is 1. The molecule has 1 aromatic carbocycles. The van der Waals surface area contributed by atoms with Crippen molar-refractivity contribution in [1.29, 1.82) is 0 Å². The van der Waals surface area contributed by atoms with Crippen molar-refractivity contribution in [3.8, 4) is 17.7 Å². The van der Waals surface area contributed by atoms with Gasteiger partial charge < -0.3 is 9.64 Å². The topological polar surface area (TPSA) is 31.8 Å². The number of rotatable bonds is 4. The zero-order valence-electron chi connectivity index (χ0n) is 17.3. The summed E-state index contributed by atoms with van der Waals surface area (Å²) in [7, 11) is 3.87. The molecule has 29 heavy (non-hydrogen) atoms. The number of nitrogens with zero attached hydrogens (tertiary/aromatic N) is 4. The Bertz CT molecular complexity index is 929. The predicted octanol–water partition coefficient (Wildman–Crippen LogP) is 2.81. The van der Waals surface area contributed by atoms with Gasteiger partial charge in [0.25, 0.3) is 0 Å². The van der Waals surface area contributed by atoms with E-state index in [-0.39, 0.29) is 0 Å². The molecule has 0 spiro atoms. The standard InChI is InChI=1S/C24H28N4O/c1-26-19-28(16-21-10-12-25-24(15-21)29-2)18-22-17-27(14-11-23(22)26)13-6-9-20-7-4-3-5-8-20/h3-5,7-8,10,12,15H,11,13-14,16-19H2,1-2H3. The number of hydrogen-bond acceptors (Lipinski definition) is 5. The summed E-state index contributed by atoms with van der Waals surface area (Å²) in [6, 6.07) is 14.3. The molecule has 0 saturated carbocycles. The average Bonchev–Trinajstić information content (AvgIpc) is 2.74. The molecule has 0 unspecified atom stereocenters. The fourth-order valence-electron chi connectivity index (χ4n) is 4.12. The van der Waals surface area contributed by atoms with Crippen molar-refractivity contribution in [2.75, 3.05) is 47.0 Å². The SMILES string of the molecule is COc1cc(CN2CC3=C(CCN(CC#Cc4ccccc4)C3)N(C)C2)ccn1. The second-order valence-corrected chi connectivity index (χ2v) is 7.71. The first-order chi connectivity index (χ1) is 14.2. The summed E-state index contributed by atoms with van der Waals surface area (Å²) in [5.74, 6) is 7.30. The summed E-state index contributed by atoms with van der Waals surface area (Å²) < 4.78 is 5.27. The summed E-state index contributed by atoms with van der Waals surface area (Å²) >= 11 is 0. The average molecular weight is 389 g/mol. The molecule has 0 saturated heterocycles. The monoisotopic (exact) mass is 388 g/mol. The van der Waals surface area contributed by atoms with Crippen LogP contribution in [-0.2, 0) is 6.54 Å². The van der Waals surface area contributed by atoms with Crippen LogP contribution in [0.15, 0.2) is 59.9 Å². The number of ether oxygens (including phenoxy) is 1. The van der Waals surface area contributed by atoms with Gasteiger partial charge in [-0.2, -0.15) is 0 Å². The zero-order chi connectivity index (χ0) is 20.1. The van der Waals surface area contributed by atoms with Crippen LogP contribution in [-0.4, -0.2) is 66.7 Å². The molecule has 0 fully saturated rings. The van der Waals surface area contributed by atoms with E-state index in [0.717, 1.165) is 51.4 Å². The molecule has 5 heteroatoms. The minimum atomic E-state index is 0.675.